The Hall–Kier alpha value is -3.75. The van der Waals surface area contributed by atoms with Crippen molar-refractivity contribution in [2.45, 2.75) is 24.9 Å². The van der Waals surface area contributed by atoms with E-state index in [0.717, 1.165) is 16.8 Å². The fourth-order valence-electron chi connectivity index (χ4n) is 3.34. The van der Waals surface area contributed by atoms with Crippen molar-refractivity contribution in [3.63, 3.8) is 0 Å². The average molecular weight is 461 g/mol. The van der Waals surface area contributed by atoms with Gasteiger partial charge in [-0.15, -0.1) is 0 Å². The molecule has 7 nitrogen and oxygen atoms in total. The van der Waals surface area contributed by atoms with E-state index in [1.807, 2.05) is 66.9 Å². The molecule has 0 radical (unpaired) electrons. The summed E-state index contributed by atoms with van der Waals surface area (Å²) < 4.78 is 30.1. The summed E-state index contributed by atoms with van der Waals surface area (Å²) in [5.74, 6) is -0.359. The molecule has 1 heterocycles. The number of para-hydroxylation sites is 1. The van der Waals surface area contributed by atoms with Gasteiger partial charge in [-0.1, -0.05) is 54.6 Å². The zero-order valence-electron chi connectivity index (χ0n) is 18.1. The number of carbonyl (C=O) groups is 1. The van der Waals surface area contributed by atoms with Gasteiger partial charge < -0.3 is 5.32 Å². The van der Waals surface area contributed by atoms with Crippen LogP contribution in [0.2, 0.25) is 0 Å². The second kappa shape index (κ2) is 9.81. The SMILES string of the molecule is Cc1ccc(C(=O)NCc2cnn(-c3ccccc3)c2)cc1S(=O)(=O)NCc1ccccc1. The van der Waals surface area contributed by atoms with E-state index in [1.165, 1.54) is 6.07 Å². The van der Waals surface area contributed by atoms with E-state index in [-0.39, 0.29) is 29.5 Å². The quantitative estimate of drug-likeness (QED) is 0.420. The Kier molecular flexibility index (Phi) is 6.67. The van der Waals surface area contributed by atoms with Crippen molar-refractivity contribution in [1.82, 2.24) is 19.8 Å². The molecule has 0 saturated carbocycles. The molecular formula is C25H24N4O3S. The van der Waals surface area contributed by atoms with Gasteiger partial charge >= 0.3 is 0 Å². The number of aryl methyl sites for hydroxylation is 1. The number of benzene rings is 3. The summed E-state index contributed by atoms with van der Waals surface area (Å²) in [5, 5.41) is 7.15. The van der Waals surface area contributed by atoms with Crippen molar-refractivity contribution < 1.29 is 13.2 Å². The third-order valence-electron chi connectivity index (χ3n) is 5.16. The van der Waals surface area contributed by atoms with Gasteiger partial charge in [-0.05, 0) is 42.3 Å². The number of nitrogens with one attached hydrogen (secondary N) is 2. The molecular weight excluding hydrogens is 436 g/mol. The molecule has 0 bridgehead atoms. The summed E-state index contributed by atoms with van der Waals surface area (Å²) >= 11 is 0. The highest BCUT2D eigenvalue weighted by Gasteiger charge is 2.19. The van der Waals surface area contributed by atoms with Crippen LogP contribution in [0, 0.1) is 6.92 Å². The molecule has 2 N–H and O–H groups in total. The van der Waals surface area contributed by atoms with Crippen LogP contribution in [0.15, 0.2) is 96.2 Å². The Morgan fingerprint density at radius 1 is 0.909 bits per heavy atom. The van der Waals surface area contributed by atoms with Gasteiger partial charge in [-0.25, -0.2) is 17.8 Å². The second-order valence-corrected chi connectivity index (χ2v) is 9.34. The highest BCUT2D eigenvalue weighted by atomic mass is 32.2. The van der Waals surface area contributed by atoms with E-state index in [1.54, 1.807) is 29.9 Å². The van der Waals surface area contributed by atoms with Gasteiger partial charge in [0.05, 0.1) is 16.8 Å². The van der Waals surface area contributed by atoms with Crippen LogP contribution < -0.4 is 10.0 Å². The Labute approximate surface area is 193 Å². The Bertz CT molecular complexity index is 1350. The summed E-state index contributed by atoms with van der Waals surface area (Å²) in [6, 6.07) is 23.6. The highest BCUT2D eigenvalue weighted by molar-refractivity contribution is 7.89. The van der Waals surface area contributed by atoms with Crippen molar-refractivity contribution in [1.29, 1.82) is 0 Å². The van der Waals surface area contributed by atoms with Gasteiger partial charge in [0, 0.05) is 30.4 Å². The molecule has 33 heavy (non-hydrogen) atoms. The van der Waals surface area contributed by atoms with Crippen LogP contribution in [0.5, 0.6) is 0 Å². The number of aromatic nitrogens is 2. The Morgan fingerprint density at radius 3 is 2.33 bits per heavy atom. The first-order chi connectivity index (χ1) is 15.9. The van der Waals surface area contributed by atoms with Crippen LogP contribution >= 0.6 is 0 Å². The molecule has 3 aromatic carbocycles. The van der Waals surface area contributed by atoms with Crippen LogP contribution in [0.1, 0.15) is 27.0 Å². The molecule has 0 fully saturated rings. The van der Waals surface area contributed by atoms with E-state index in [4.69, 9.17) is 0 Å². The van der Waals surface area contributed by atoms with Crippen molar-refractivity contribution in [2.75, 3.05) is 0 Å². The number of hydrogen-bond acceptors (Lipinski definition) is 4. The van der Waals surface area contributed by atoms with E-state index in [9.17, 15) is 13.2 Å². The smallest absolute Gasteiger partial charge is 0.251 e. The first-order valence-electron chi connectivity index (χ1n) is 10.4. The fraction of sp³-hybridized carbons (Fsp3) is 0.120. The highest BCUT2D eigenvalue weighted by Crippen LogP contribution is 2.18. The van der Waals surface area contributed by atoms with Crippen LogP contribution in [0.4, 0.5) is 0 Å². The molecule has 0 spiro atoms. The van der Waals surface area contributed by atoms with E-state index in [2.05, 4.69) is 15.1 Å². The van der Waals surface area contributed by atoms with E-state index < -0.39 is 10.0 Å². The van der Waals surface area contributed by atoms with Crippen molar-refractivity contribution in [3.05, 3.63) is 114 Å². The van der Waals surface area contributed by atoms with Crippen LogP contribution in [-0.4, -0.2) is 24.1 Å². The number of hydrogen-bond donors (Lipinski definition) is 2. The molecule has 0 unspecified atom stereocenters. The van der Waals surface area contributed by atoms with Crippen molar-refractivity contribution >= 4 is 15.9 Å². The van der Waals surface area contributed by atoms with E-state index in [0.29, 0.717) is 5.56 Å². The zero-order chi connectivity index (χ0) is 23.3. The molecule has 0 aliphatic heterocycles. The molecule has 0 aliphatic carbocycles. The van der Waals surface area contributed by atoms with Gasteiger partial charge in [0.2, 0.25) is 10.0 Å². The van der Waals surface area contributed by atoms with Crippen LogP contribution in [-0.2, 0) is 23.1 Å². The zero-order valence-corrected chi connectivity index (χ0v) is 18.9. The minimum absolute atomic E-state index is 0.0861. The number of rotatable bonds is 8. The molecule has 0 saturated heterocycles. The number of sulfonamides is 1. The molecule has 168 valence electrons. The molecule has 0 atom stereocenters. The first-order valence-corrected chi connectivity index (χ1v) is 11.9. The molecule has 4 rings (SSSR count). The minimum Gasteiger partial charge on any atom is -0.348 e. The molecule has 1 amide bonds. The maximum atomic E-state index is 12.9. The molecule has 0 aliphatic rings. The monoisotopic (exact) mass is 460 g/mol. The van der Waals surface area contributed by atoms with Gasteiger partial charge in [-0.3, -0.25) is 4.79 Å². The maximum Gasteiger partial charge on any atom is 0.251 e. The summed E-state index contributed by atoms with van der Waals surface area (Å²) in [7, 11) is -3.78. The van der Waals surface area contributed by atoms with Crippen molar-refractivity contribution in [3.8, 4) is 5.69 Å². The summed E-state index contributed by atoms with van der Waals surface area (Å²) in [6.07, 6.45) is 3.53. The molecule has 4 aromatic rings. The largest absolute Gasteiger partial charge is 0.348 e. The van der Waals surface area contributed by atoms with Crippen LogP contribution in [0.25, 0.3) is 5.69 Å². The fourth-order valence-corrected chi connectivity index (χ4v) is 4.63. The summed E-state index contributed by atoms with van der Waals surface area (Å²) in [5.41, 5.74) is 3.44. The topological polar surface area (TPSA) is 93.1 Å². The second-order valence-electron chi connectivity index (χ2n) is 7.60. The normalized spacial score (nSPS) is 11.3. The van der Waals surface area contributed by atoms with Gasteiger partial charge in [0.15, 0.2) is 0 Å². The van der Waals surface area contributed by atoms with Crippen LogP contribution in [0.3, 0.4) is 0 Å². The van der Waals surface area contributed by atoms with E-state index >= 15 is 0 Å². The minimum atomic E-state index is -3.78. The lowest BCUT2D eigenvalue weighted by Crippen LogP contribution is -2.26. The van der Waals surface area contributed by atoms with Gasteiger partial charge in [0.1, 0.15) is 0 Å². The average Bonchev–Trinajstić information content (AvgIpc) is 3.32. The van der Waals surface area contributed by atoms with Gasteiger partial charge in [0.25, 0.3) is 5.91 Å². The Balaban J connectivity index is 1.43. The number of amides is 1. The first kappa shape index (κ1) is 22.4. The maximum absolute atomic E-state index is 12.9. The molecule has 1 aromatic heterocycles. The lowest BCUT2D eigenvalue weighted by Gasteiger charge is -2.11. The van der Waals surface area contributed by atoms with Gasteiger partial charge in [-0.2, -0.15) is 5.10 Å². The number of nitrogens with zero attached hydrogens (tertiary/aromatic N) is 2. The third kappa shape index (κ3) is 5.54. The Morgan fingerprint density at radius 2 is 1.61 bits per heavy atom. The number of carbonyl (C=O) groups excluding carboxylic acids is 1. The molecule has 8 heteroatoms. The standard InChI is InChI=1S/C25H24N4O3S/c1-19-12-13-22(14-24(19)33(31,32)28-17-20-8-4-2-5-9-20)25(30)26-15-21-16-27-29(18-21)23-10-6-3-7-11-23/h2-14,16,18,28H,15,17H2,1H3,(H,26,30). The summed E-state index contributed by atoms with van der Waals surface area (Å²) in [6.45, 7) is 2.15. The lowest BCUT2D eigenvalue weighted by atomic mass is 10.1. The predicted octanol–water partition coefficient (Wildman–Crippen LogP) is 3.59. The predicted molar refractivity (Wildman–Crippen MR) is 126 cm³/mol. The lowest BCUT2D eigenvalue weighted by molar-refractivity contribution is 0.0950. The third-order valence-corrected chi connectivity index (χ3v) is 6.70. The summed E-state index contributed by atoms with van der Waals surface area (Å²) in [4.78, 5) is 12.8. The van der Waals surface area contributed by atoms with Crippen molar-refractivity contribution in [2.24, 2.45) is 0 Å².